The second kappa shape index (κ2) is 10.4. The van der Waals surface area contributed by atoms with Gasteiger partial charge in [-0.1, -0.05) is 0 Å². The van der Waals surface area contributed by atoms with E-state index in [1.54, 1.807) is 24.5 Å². The van der Waals surface area contributed by atoms with Crippen LogP contribution < -0.4 is 9.80 Å². The van der Waals surface area contributed by atoms with Crippen LogP contribution in [0.1, 0.15) is 24.0 Å². The number of hydrogen-bond donors (Lipinski definition) is 0. The maximum Gasteiger partial charge on any atom is 0.416 e. The molecule has 0 radical (unpaired) electrons. The fourth-order valence-corrected chi connectivity index (χ4v) is 5.61. The standard InChI is InChI=1S/C26H26F3N5O2S/c1-32(2)37(35,36)25-16-20(26(27,28)29)7-10-24(25)33-14-11-22(12-15-33)34(23-4-3-13-31-18-23)21-8-5-19(17-30)6-9-21/h3-10,13,16,18,22H,11-12,14-15H2,1-2H3. The smallest absolute Gasteiger partial charge is 0.370 e. The van der Waals surface area contributed by atoms with Crippen molar-refractivity contribution in [1.29, 1.82) is 5.26 Å². The van der Waals surface area contributed by atoms with Crippen LogP contribution in [0.25, 0.3) is 0 Å². The van der Waals surface area contributed by atoms with Crippen LogP contribution in [0.3, 0.4) is 0 Å². The molecular weight excluding hydrogens is 503 g/mol. The van der Waals surface area contributed by atoms with Crippen LogP contribution in [0.4, 0.5) is 30.2 Å². The number of piperidine rings is 1. The van der Waals surface area contributed by atoms with Crippen LogP contribution in [-0.4, -0.2) is 50.9 Å². The average Bonchev–Trinajstić information content (AvgIpc) is 2.89. The van der Waals surface area contributed by atoms with Crippen LogP contribution in [0.5, 0.6) is 0 Å². The zero-order valence-corrected chi connectivity index (χ0v) is 21.2. The van der Waals surface area contributed by atoms with E-state index in [1.807, 2.05) is 29.2 Å². The third-order valence-corrected chi connectivity index (χ3v) is 8.26. The lowest BCUT2D eigenvalue weighted by molar-refractivity contribution is -0.137. The molecule has 194 valence electrons. The Morgan fingerprint density at radius 3 is 2.24 bits per heavy atom. The van der Waals surface area contributed by atoms with Gasteiger partial charge in [-0.25, -0.2) is 12.7 Å². The molecule has 0 bridgehead atoms. The van der Waals surface area contributed by atoms with E-state index in [9.17, 15) is 21.6 Å². The summed E-state index contributed by atoms with van der Waals surface area (Å²) < 4.78 is 67.0. The van der Waals surface area contributed by atoms with Crippen molar-refractivity contribution < 1.29 is 21.6 Å². The number of pyridine rings is 1. The minimum Gasteiger partial charge on any atom is -0.370 e. The lowest BCUT2D eigenvalue weighted by Crippen LogP contribution is -2.44. The Labute approximate surface area is 214 Å². The van der Waals surface area contributed by atoms with Gasteiger partial charge in [-0.05, 0) is 67.4 Å². The summed E-state index contributed by atoms with van der Waals surface area (Å²) in [6, 6.07) is 16.0. The largest absolute Gasteiger partial charge is 0.416 e. The van der Waals surface area contributed by atoms with Crippen molar-refractivity contribution in [3.63, 3.8) is 0 Å². The summed E-state index contributed by atoms with van der Waals surface area (Å²) >= 11 is 0. The van der Waals surface area contributed by atoms with Crippen molar-refractivity contribution in [2.75, 3.05) is 37.0 Å². The second-order valence-corrected chi connectivity index (χ2v) is 11.0. The van der Waals surface area contributed by atoms with E-state index < -0.39 is 21.8 Å². The third kappa shape index (κ3) is 5.55. The van der Waals surface area contributed by atoms with E-state index in [4.69, 9.17) is 5.26 Å². The number of anilines is 3. The Bertz CT molecular complexity index is 1380. The molecule has 2 aromatic carbocycles. The van der Waals surface area contributed by atoms with E-state index in [0.717, 1.165) is 27.8 Å². The number of aromatic nitrogens is 1. The Hall–Kier alpha value is -3.62. The first-order chi connectivity index (χ1) is 17.5. The summed E-state index contributed by atoms with van der Waals surface area (Å²) in [6.07, 6.45) is 0.0186. The van der Waals surface area contributed by atoms with Crippen LogP contribution in [0.15, 0.2) is 71.9 Å². The van der Waals surface area contributed by atoms with E-state index >= 15 is 0 Å². The van der Waals surface area contributed by atoms with E-state index in [-0.39, 0.29) is 16.6 Å². The minimum absolute atomic E-state index is 0.0248. The molecule has 0 unspecified atom stereocenters. The number of benzene rings is 2. The van der Waals surface area contributed by atoms with Gasteiger partial charge in [-0.15, -0.1) is 0 Å². The van der Waals surface area contributed by atoms with Gasteiger partial charge >= 0.3 is 6.18 Å². The molecule has 0 saturated carbocycles. The molecule has 0 amide bonds. The van der Waals surface area contributed by atoms with E-state index in [2.05, 4.69) is 16.0 Å². The van der Waals surface area contributed by atoms with Crippen molar-refractivity contribution in [1.82, 2.24) is 9.29 Å². The first-order valence-corrected chi connectivity index (χ1v) is 13.0. The molecule has 11 heteroatoms. The third-order valence-electron chi connectivity index (χ3n) is 6.41. The van der Waals surface area contributed by atoms with Crippen LogP contribution in [0.2, 0.25) is 0 Å². The number of hydrogen-bond acceptors (Lipinski definition) is 6. The van der Waals surface area contributed by atoms with Gasteiger partial charge in [-0.2, -0.15) is 18.4 Å². The van der Waals surface area contributed by atoms with Gasteiger partial charge < -0.3 is 9.80 Å². The van der Waals surface area contributed by atoms with Crippen LogP contribution >= 0.6 is 0 Å². The summed E-state index contributed by atoms with van der Waals surface area (Å²) in [7, 11) is -1.51. The quantitative estimate of drug-likeness (QED) is 0.446. The summed E-state index contributed by atoms with van der Waals surface area (Å²) in [6.45, 7) is 0.887. The SMILES string of the molecule is CN(C)S(=O)(=O)c1cc(C(F)(F)F)ccc1N1CCC(N(c2ccc(C#N)cc2)c2cccnc2)CC1. The Morgan fingerprint density at radius 1 is 1.03 bits per heavy atom. The molecule has 1 fully saturated rings. The molecule has 7 nitrogen and oxygen atoms in total. The molecule has 37 heavy (non-hydrogen) atoms. The predicted molar refractivity (Wildman–Crippen MR) is 135 cm³/mol. The van der Waals surface area contributed by atoms with Crippen LogP contribution in [-0.2, 0) is 16.2 Å². The topological polar surface area (TPSA) is 80.5 Å². The highest BCUT2D eigenvalue weighted by atomic mass is 32.2. The van der Waals surface area contributed by atoms with Gasteiger partial charge in [0.1, 0.15) is 4.90 Å². The lowest BCUT2D eigenvalue weighted by Gasteiger charge is -2.41. The highest BCUT2D eigenvalue weighted by molar-refractivity contribution is 7.89. The molecule has 4 rings (SSSR count). The highest BCUT2D eigenvalue weighted by Crippen LogP contribution is 2.38. The summed E-state index contributed by atoms with van der Waals surface area (Å²) in [5, 5.41) is 9.16. The highest BCUT2D eigenvalue weighted by Gasteiger charge is 2.35. The minimum atomic E-state index is -4.66. The second-order valence-electron chi connectivity index (χ2n) is 8.93. The molecule has 1 aromatic heterocycles. The Kier molecular flexibility index (Phi) is 7.43. The summed E-state index contributed by atoms with van der Waals surface area (Å²) in [4.78, 5) is 7.84. The molecule has 0 spiro atoms. The first kappa shape index (κ1) is 26.4. The number of sulfonamides is 1. The monoisotopic (exact) mass is 529 g/mol. The zero-order valence-electron chi connectivity index (χ0n) is 20.4. The molecule has 1 saturated heterocycles. The lowest BCUT2D eigenvalue weighted by atomic mass is 10.00. The molecule has 0 aliphatic carbocycles. The van der Waals surface area contributed by atoms with Crippen molar-refractivity contribution in [2.45, 2.75) is 30.0 Å². The Morgan fingerprint density at radius 2 is 1.70 bits per heavy atom. The van der Waals surface area contributed by atoms with Gasteiger partial charge in [0.2, 0.25) is 10.0 Å². The summed E-state index contributed by atoms with van der Waals surface area (Å²) in [5.41, 5.74) is 1.55. The van der Waals surface area contributed by atoms with Crippen molar-refractivity contribution in [2.24, 2.45) is 0 Å². The van der Waals surface area contributed by atoms with Crippen molar-refractivity contribution in [3.05, 3.63) is 78.1 Å². The number of alkyl halides is 3. The predicted octanol–water partition coefficient (Wildman–Crippen LogP) is 5.03. The molecule has 0 atom stereocenters. The van der Waals surface area contributed by atoms with Gasteiger partial charge in [0.25, 0.3) is 0 Å². The van der Waals surface area contributed by atoms with Gasteiger partial charge in [0, 0.05) is 45.1 Å². The van der Waals surface area contributed by atoms with Gasteiger partial charge in [0.05, 0.1) is 34.8 Å². The summed E-state index contributed by atoms with van der Waals surface area (Å²) in [5.74, 6) is 0. The fraction of sp³-hybridized carbons (Fsp3) is 0.308. The average molecular weight is 530 g/mol. The first-order valence-electron chi connectivity index (χ1n) is 11.6. The van der Waals surface area contributed by atoms with Crippen molar-refractivity contribution >= 4 is 27.1 Å². The molecule has 1 aliphatic heterocycles. The molecule has 1 aliphatic rings. The number of nitrogens with zero attached hydrogens (tertiary/aromatic N) is 5. The number of nitriles is 1. The Balaban J connectivity index is 1.64. The fourth-order valence-electron chi connectivity index (χ4n) is 4.48. The van der Waals surface area contributed by atoms with Gasteiger partial charge in [-0.3, -0.25) is 4.98 Å². The molecule has 3 aromatic rings. The van der Waals surface area contributed by atoms with Crippen LogP contribution in [0, 0.1) is 11.3 Å². The zero-order chi connectivity index (χ0) is 26.8. The maximum absolute atomic E-state index is 13.4. The molecule has 2 heterocycles. The number of halogens is 3. The molecular formula is C26H26F3N5O2S. The molecule has 0 N–H and O–H groups in total. The van der Waals surface area contributed by atoms with E-state index in [0.29, 0.717) is 31.5 Å². The maximum atomic E-state index is 13.4. The van der Waals surface area contributed by atoms with Gasteiger partial charge in [0.15, 0.2) is 0 Å². The van der Waals surface area contributed by atoms with Crippen molar-refractivity contribution in [3.8, 4) is 6.07 Å². The number of rotatable bonds is 6. The normalized spacial score (nSPS) is 15.0. The van der Waals surface area contributed by atoms with E-state index in [1.165, 1.54) is 20.2 Å².